The van der Waals surface area contributed by atoms with E-state index in [9.17, 15) is 0 Å². The first-order valence-corrected chi connectivity index (χ1v) is 7.71. The summed E-state index contributed by atoms with van der Waals surface area (Å²) < 4.78 is 1.07. The first-order chi connectivity index (χ1) is 10.8. The Balaban J connectivity index is 1.93. The molecule has 4 heteroatoms. The minimum atomic E-state index is 0.666. The molecule has 2 aromatic carbocycles. The van der Waals surface area contributed by atoms with Gasteiger partial charge in [-0.25, -0.2) is 0 Å². The zero-order valence-corrected chi connectivity index (χ0v) is 13.4. The van der Waals surface area contributed by atoms with E-state index in [2.05, 4.69) is 44.0 Å². The monoisotopic (exact) mass is 351 g/mol. The molecule has 0 aliphatic heterocycles. The summed E-state index contributed by atoms with van der Waals surface area (Å²) in [6.45, 7) is 0.750. The van der Waals surface area contributed by atoms with Gasteiger partial charge < -0.3 is 9.88 Å². The Hall–Kier alpha value is -2.51. The highest BCUT2D eigenvalue weighted by Gasteiger charge is 2.11. The summed E-state index contributed by atoms with van der Waals surface area (Å²) in [4.78, 5) is 5.43. The molecule has 0 radical (unpaired) electrons. The summed E-state index contributed by atoms with van der Waals surface area (Å²) in [7, 11) is 0. The van der Waals surface area contributed by atoms with E-state index in [-0.39, 0.29) is 0 Å². The molecule has 3 rings (SSSR count). The number of anilines is 2. The number of halogens is 1. The van der Waals surface area contributed by atoms with Crippen LogP contribution in [0, 0.1) is 11.3 Å². The predicted molar refractivity (Wildman–Crippen MR) is 91.9 cm³/mol. The molecule has 0 aliphatic carbocycles. The average Bonchev–Trinajstić information content (AvgIpc) is 3.09. The largest absolute Gasteiger partial charge is 0.348 e. The SMILES string of the molecule is N#Cc1ccc(N(Cc2ccc(Br)cc2)c2ccc[nH]2)cc1. The van der Waals surface area contributed by atoms with Crippen LogP contribution in [0.5, 0.6) is 0 Å². The molecule has 0 aliphatic rings. The van der Waals surface area contributed by atoms with Gasteiger partial charge >= 0.3 is 0 Å². The molecule has 0 atom stereocenters. The van der Waals surface area contributed by atoms with Gasteiger partial charge in [0.25, 0.3) is 0 Å². The maximum absolute atomic E-state index is 8.94. The Labute approximate surface area is 138 Å². The van der Waals surface area contributed by atoms with Crippen LogP contribution in [-0.4, -0.2) is 4.98 Å². The molecule has 22 heavy (non-hydrogen) atoms. The van der Waals surface area contributed by atoms with Crippen molar-refractivity contribution in [1.82, 2.24) is 4.98 Å². The van der Waals surface area contributed by atoms with E-state index in [0.717, 1.165) is 22.5 Å². The van der Waals surface area contributed by atoms with Gasteiger partial charge in [0.1, 0.15) is 5.82 Å². The highest BCUT2D eigenvalue weighted by Crippen LogP contribution is 2.26. The summed E-state index contributed by atoms with van der Waals surface area (Å²) >= 11 is 3.46. The van der Waals surface area contributed by atoms with Gasteiger partial charge in [-0.15, -0.1) is 0 Å². The minimum Gasteiger partial charge on any atom is -0.348 e. The molecule has 108 valence electrons. The van der Waals surface area contributed by atoms with Crippen molar-refractivity contribution in [3.05, 3.63) is 82.5 Å². The zero-order valence-electron chi connectivity index (χ0n) is 11.8. The van der Waals surface area contributed by atoms with Crippen LogP contribution in [0.2, 0.25) is 0 Å². The Kier molecular flexibility index (Phi) is 4.27. The maximum atomic E-state index is 8.94. The molecule has 0 spiro atoms. The quantitative estimate of drug-likeness (QED) is 0.719. The standard InChI is InChI=1S/C18H14BrN3/c19-16-7-3-15(4-8-16)13-22(18-2-1-11-21-18)17-9-5-14(12-20)6-10-17/h1-11,21H,13H2. The predicted octanol–water partition coefficient (Wildman–Crippen LogP) is 4.99. The van der Waals surface area contributed by atoms with Crippen molar-refractivity contribution >= 4 is 27.4 Å². The normalized spacial score (nSPS) is 10.2. The molecule has 0 saturated heterocycles. The summed E-state index contributed by atoms with van der Waals surface area (Å²) in [6, 6.07) is 22.1. The number of rotatable bonds is 4. The highest BCUT2D eigenvalue weighted by molar-refractivity contribution is 9.10. The van der Waals surface area contributed by atoms with Gasteiger partial charge in [0.2, 0.25) is 0 Å². The lowest BCUT2D eigenvalue weighted by Gasteiger charge is -2.23. The first-order valence-electron chi connectivity index (χ1n) is 6.92. The zero-order chi connectivity index (χ0) is 15.4. The lowest BCUT2D eigenvalue weighted by Crippen LogP contribution is -2.16. The summed E-state index contributed by atoms with van der Waals surface area (Å²) in [5.41, 5.74) is 2.92. The number of benzene rings is 2. The molecule has 1 heterocycles. The lowest BCUT2D eigenvalue weighted by molar-refractivity contribution is 0.954. The van der Waals surface area contributed by atoms with Gasteiger partial charge in [-0.2, -0.15) is 5.26 Å². The number of nitrogens with one attached hydrogen (secondary N) is 1. The van der Waals surface area contributed by atoms with Crippen LogP contribution in [0.1, 0.15) is 11.1 Å². The van der Waals surface area contributed by atoms with Crippen molar-refractivity contribution in [2.75, 3.05) is 4.90 Å². The highest BCUT2D eigenvalue weighted by atomic mass is 79.9. The van der Waals surface area contributed by atoms with Crippen LogP contribution in [-0.2, 0) is 6.54 Å². The summed E-state index contributed by atoms with van der Waals surface area (Å²) in [5.74, 6) is 1.02. The molecule has 0 fully saturated rings. The smallest absolute Gasteiger partial charge is 0.110 e. The van der Waals surface area contributed by atoms with E-state index < -0.39 is 0 Å². The molecule has 0 saturated carbocycles. The number of hydrogen-bond donors (Lipinski definition) is 1. The molecule has 1 N–H and O–H groups in total. The number of hydrogen-bond acceptors (Lipinski definition) is 2. The van der Waals surface area contributed by atoms with Crippen LogP contribution in [0.25, 0.3) is 0 Å². The maximum Gasteiger partial charge on any atom is 0.110 e. The molecule has 0 amide bonds. The van der Waals surface area contributed by atoms with E-state index in [4.69, 9.17) is 5.26 Å². The second kappa shape index (κ2) is 6.50. The van der Waals surface area contributed by atoms with E-state index in [1.165, 1.54) is 5.56 Å². The third-order valence-corrected chi connectivity index (χ3v) is 3.96. The molecule has 0 bridgehead atoms. The number of H-pyrrole nitrogens is 1. The fourth-order valence-corrected chi connectivity index (χ4v) is 2.56. The van der Waals surface area contributed by atoms with Gasteiger partial charge in [0.05, 0.1) is 11.6 Å². The van der Waals surface area contributed by atoms with Crippen molar-refractivity contribution < 1.29 is 0 Å². The number of aromatic amines is 1. The molecule has 3 aromatic rings. The van der Waals surface area contributed by atoms with Gasteiger partial charge in [0.15, 0.2) is 0 Å². The van der Waals surface area contributed by atoms with E-state index in [1.54, 1.807) is 0 Å². The van der Waals surface area contributed by atoms with Crippen LogP contribution < -0.4 is 4.90 Å². The van der Waals surface area contributed by atoms with Gasteiger partial charge in [-0.1, -0.05) is 28.1 Å². The molecular formula is C18H14BrN3. The lowest BCUT2D eigenvalue weighted by atomic mass is 10.1. The van der Waals surface area contributed by atoms with Gasteiger partial charge in [-0.3, -0.25) is 0 Å². The number of nitrogens with zero attached hydrogens (tertiary/aromatic N) is 2. The Morgan fingerprint density at radius 3 is 2.32 bits per heavy atom. The van der Waals surface area contributed by atoms with Crippen molar-refractivity contribution in [3.63, 3.8) is 0 Å². The topological polar surface area (TPSA) is 42.8 Å². The van der Waals surface area contributed by atoms with E-state index >= 15 is 0 Å². The van der Waals surface area contributed by atoms with Crippen molar-refractivity contribution in [3.8, 4) is 6.07 Å². The second-order valence-corrected chi connectivity index (χ2v) is 5.84. The Morgan fingerprint density at radius 1 is 1.00 bits per heavy atom. The van der Waals surface area contributed by atoms with Crippen molar-refractivity contribution in [1.29, 1.82) is 5.26 Å². The first kappa shape index (κ1) is 14.4. The summed E-state index contributed by atoms with van der Waals surface area (Å²) in [5, 5.41) is 8.94. The van der Waals surface area contributed by atoms with Crippen LogP contribution in [0.15, 0.2) is 71.3 Å². The average molecular weight is 352 g/mol. The van der Waals surface area contributed by atoms with E-state index in [1.807, 2.05) is 54.7 Å². The molecule has 0 unspecified atom stereocenters. The fraction of sp³-hybridized carbons (Fsp3) is 0.0556. The van der Waals surface area contributed by atoms with E-state index in [0.29, 0.717) is 5.56 Å². The van der Waals surface area contributed by atoms with Crippen molar-refractivity contribution in [2.24, 2.45) is 0 Å². The molecular weight excluding hydrogens is 338 g/mol. The third kappa shape index (κ3) is 3.21. The third-order valence-electron chi connectivity index (χ3n) is 3.43. The summed E-state index contributed by atoms with van der Waals surface area (Å²) in [6.07, 6.45) is 1.91. The fourth-order valence-electron chi connectivity index (χ4n) is 2.29. The van der Waals surface area contributed by atoms with Crippen LogP contribution >= 0.6 is 15.9 Å². The van der Waals surface area contributed by atoms with Crippen LogP contribution in [0.4, 0.5) is 11.5 Å². The Morgan fingerprint density at radius 2 is 1.73 bits per heavy atom. The van der Waals surface area contributed by atoms with Crippen molar-refractivity contribution in [2.45, 2.75) is 6.54 Å². The molecule has 3 nitrogen and oxygen atoms in total. The number of nitriles is 1. The van der Waals surface area contributed by atoms with Crippen LogP contribution in [0.3, 0.4) is 0 Å². The molecule has 1 aromatic heterocycles. The van der Waals surface area contributed by atoms with Gasteiger partial charge in [0, 0.05) is 22.9 Å². The Bertz CT molecular complexity index is 769. The minimum absolute atomic E-state index is 0.666. The second-order valence-electron chi connectivity index (χ2n) is 4.93. The number of aromatic nitrogens is 1. The van der Waals surface area contributed by atoms with Gasteiger partial charge in [-0.05, 0) is 54.1 Å².